The fourth-order valence-corrected chi connectivity index (χ4v) is 3.42. The van der Waals surface area contributed by atoms with E-state index in [0.29, 0.717) is 29.9 Å². The molecule has 0 aliphatic carbocycles. The Bertz CT molecular complexity index is 980. The molecule has 1 aromatic heterocycles. The van der Waals surface area contributed by atoms with Gasteiger partial charge in [0.15, 0.2) is 0 Å². The molecule has 1 atom stereocenters. The summed E-state index contributed by atoms with van der Waals surface area (Å²) in [6.45, 7) is 2.64. The van der Waals surface area contributed by atoms with Crippen molar-refractivity contribution in [2.45, 2.75) is 19.4 Å². The van der Waals surface area contributed by atoms with Gasteiger partial charge in [-0.05, 0) is 42.8 Å². The Morgan fingerprint density at radius 1 is 1.25 bits per heavy atom. The van der Waals surface area contributed by atoms with E-state index < -0.39 is 12.0 Å². The summed E-state index contributed by atoms with van der Waals surface area (Å²) in [6, 6.07) is 9.37. The minimum Gasteiger partial charge on any atom is -0.466 e. The molecule has 1 aliphatic heterocycles. The average Bonchev–Trinajstić information content (AvgIpc) is 3.14. The monoisotopic (exact) mass is 438 g/mol. The van der Waals surface area contributed by atoms with Crippen molar-refractivity contribution in [3.8, 4) is 0 Å². The van der Waals surface area contributed by atoms with E-state index in [4.69, 9.17) is 15.9 Å². The van der Waals surface area contributed by atoms with Gasteiger partial charge in [-0.15, -0.1) is 0 Å². The Balaban J connectivity index is 1.63. The first-order valence-corrected chi connectivity index (χ1v) is 10.2. The maximum Gasteiger partial charge on any atom is 0.325 e. The van der Waals surface area contributed by atoms with Crippen molar-refractivity contribution in [3.63, 3.8) is 0 Å². The maximum atomic E-state index is 12.8. The summed E-state index contributed by atoms with van der Waals surface area (Å²) >= 11 is 0. The lowest BCUT2D eigenvalue weighted by atomic mass is 10.1. The van der Waals surface area contributed by atoms with E-state index in [9.17, 15) is 14.4 Å². The molecule has 1 aromatic carbocycles. The standard InChI is InChI=1S/C22H26N6O4/c1-2-32-20(30)12-18(16-4-3-9-25-13-16)26-19(29)14-27-10-11-28(22(27)31)17-7-5-15(6-8-17)21(23)24/h3-9,13,18H,2,10-12,14H2,1H3,(H3,23,24)(H,26,29). The van der Waals surface area contributed by atoms with Crippen LogP contribution in [0.3, 0.4) is 0 Å². The zero-order valence-electron chi connectivity index (χ0n) is 17.8. The first-order chi connectivity index (χ1) is 15.4. The molecule has 32 heavy (non-hydrogen) atoms. The zero-order valence-corrected chi connectivity index (χ0v) is 17.8. The second-order valence-corrected chi connectivity index (χ2v) is 7.23. The topological polar surface area (TPSA) is 142 Å². The van der Waals surface area contributed by atoms with E-state index >= 15 is 0 Å². The largest absolute Gasteiger partial charge is 0.466 e. The fourth-order valence-electron chi connectivity index (χ4n) is 3.42. The Morgan fingerprint density at radius 2 is 2.00 bits per heavy atom. The molecule has 1 fully saturated rings. The summed E-state index contributed by atoms with van der Waals surface area (Å²) < 4.78 is 5.01. The number of benzene rings is 1. The molecule has 10 heteroatoms. The van der Waals surface area contributed by atoms with Crippen molar-refractivity contribution < 1.29 is 19.1 Å². The highest BCUT2D eigenvalue weighted by atomic mass is 16.5. The van der Waals surface area contributed by atoms with Gasteiger partial charge >= 0.3 is 12.0 Å². The molecule has 0 radical (unpaired) electrons. The quantitative estimate of drug-likeness (QED) is 0.307. The number of hydrogen-bond acceptors (Lipinski definition) is 6. The molecule has 0 spiro atoms. The fraction of sp³-hybridized carbons (Fsp3) is 0.318. The van der Waals surface area contributed by atoms with Crippen LogP contribution in [0.15, 0.2) is 48.8 Å². The lowest BCUT2D eigenvalue weighted by molar-refractivity contribution is -0.143. The van der Waals surface area contributed by atoms with Crippen molar-refractivity contribution in [3.05, 3.63) is 59.9 Å². The number of amides is 3. The number of nitrogens with two attached hydrogens (primary N) is 1. The van der Waals surface area contributed by atoms with Crippen LogP contribution < -0.4 is 16.0 Å². The van der Waals surface area contributed by atoms with Gasteiger partial charge in [0.05, 0.1) is 19.1 Å². The number of amidine groups is 1. The third-order valence-electron chi connectivity index (χ3n) is 5.02. The number of nitrogens with one attached hydrogen (secondary N) is 2. The summed E-state index contributed by atoms with van der Waals surface area (Å²) in [5.41, 5.74) is 7.38. The van der Waals surface area contributed by atoms with Gasteiger partial charge in [-0.25, -0.2) is 4.79 Å². The van der Waals surface area contributed by atoms with Gasteiger partial charge in [0.1, 0.15) is 12.4 Å². The number of urea groups is 1. The number of nitrogen functional groups attached to an aromatic ring is 1. The number of nitrogens with zero attached hydrogens (tertiary/aromatic N) is 3. The molecule has 10 nitrogen and oxygen atoms in total. The van der Waals surface area contributed by atoms with Gasteiger partial charge in [-0.3, -0.25) is 24.9 Å². The van der Waals surface area contributed by atoms with E-state index in [-0.39, 0.29) is 37.3 Å². The zero-order chi connectivity index (χ0) is 23.1. The molecule has 2 aromatic rings. The normalized spacial score (nSPS) is 14.2. The molecule has 4 N–H and O–H groups in total. The first-order valence-electron chi connectivity index (χ1n) is 10.2. The molecular formula is C22H26N6O4. The van der Waals surface area contributed by atoms with Crippen molar-refractivity contribution >= 4 is 29.4 Å². The minimum atomic E-state index is -0.608. The number of rotatable bonds is 9. The van der Waals surface area contributed by atoms with Gasteiger partial charge in [0.2, 0.25) is 5.91 Å². The number of esters is 1. The Labute approximate surface area is 185 Å². The Kier molecular flexibility index (Phi) is 7.37. The molecule has 3 amide bonds. The molecule has 0 bridgehead atoms. The first kappa shape index (κ1) is 22.7. The van der Waals surface area contributed by atoms with Crippen LogP contribution in [0.5, 0.6) is 0 Å². The highest BCUT2D eigenvalue weighted by Gasteiger charge is 2.31. The van der Waals surface area contributed by atoms with E-state index in [1.807, 2.05) is 0 Å². The summed E-state index contributed by atoms with van der Waals surface area (Å²) in [5, 5.41) is 10.3. The van der Waals surface area contributed by atoms with Crippen LogP contribution in [0.1, 0.15) is 30.5 Å². The lowest BCUT2D eigenvalue weighted by Gasteiger charge is -2.21. The number of hydrogen-bond donors (Lipinski definition) is 3. The van der Waals surface area contributed by atoms with E-state index in [1.54, 1.807) is 60.6 Å². The van der Waals surface area contributed by atoms with Crippen molar-refractivity contribution in [2.75, 3.05) is 31.1 Å². The van der Waals surface area contributed by atoms with Gasteiger partial charge < -0.3 is 20.7 Å². The van der Waals surface area contributed by atoms with Gasteiger partial charge in [-0.2, -0.15) is 0 Å². The number of aromatic nitrogens is 1. The molecular weight excluding hydrogens is 412 g/mol. The van der Waals surface area contributed by atoms with E-state index in [2.05, 4.69) is 10.3 Å². The summed E-state index contributed by atoms with van der Waals surface area (Å²) in [6.07, 6.45) is 3.15. The second kappa shape index (κ2) is 10.4. The third-order valence-corrected chi connectivity index (χ3v) is 5.02. The summed E-state index contributed by atoms with van der Waals surface area (Å²) in [5.74, 6) is -0.863. The smallest absolute Gasteiger partial charge is 0.325 e. The van der Waals surface area contributed by atoms with Crippen molar-refractivity contribution in [1.29, 1.82) is 5.41 Å². The van der Waals surface area contributed by atoms with E-state index in [1.165, 1.54) is 4.90 Å². The predicted octanol–water partition coefficient (Wildman–Crippen LogP) is 1.42. The van der Waals surface area contributed by atoms with E-state index in [0.717, 1.165) is 0 Å². The Hall–Kier alpha value is -3.95. The number of carbonyl (C=O) groups is 3. The van der Waals surface area contributed by atoms with Crippen LogP contribution in [0.25, 0.3) is 0 Å². The van der Waals surface area contributed by atoms with Crippen LogP contribution in [0, 0.1) is 5.41 Å². The third kappa shape index (κ3) is 5.60. The summed E-state index contributed by atoms with van der Waals surface area (Å²) in [4.78, 5) is 44.5. The second-order valence-electron chi connectivity index (χ2n) is 7.23. The molecule has 1 unspecified atom stereocenters. The highest BCUT2D eigenvalue weighted by Crippen LogP contribution is 2.21. The van der Waals surface area contributed by atoms with Crippen molar-refractivity contribution in [2.24, 2.45) is 5.73 Å². The molecule has 168 valence electrons. The predicted molar refractivity (Wildman–Crippen MR) is 118 cm³/mol. The molecule has 1 aliphatic rings. The summed E-state index contributed by atoms with van der Waals surface area (Å²) in [7, 11) is 0. The van der Waals surface area contributed by atoms with Crippen LogP contribution in [0.2, 0.25) is 0 Å². The van der Waals surface area contributed by atoms with Crippen LogP contribution in [0.4, 0.5) is 10.5 Å². The minimum absolute atomic E-state index is 0.0339. The molecule has 3 rings (SSSR count). The molecule has 2 heterocycles. The maximum absolute atomic E-state index is 12.8. The Morgan fingerprint density at radius 3 is 2.62 bits per heavy atom. The van der Waals surface area contributed by atoms with Crippen LogP contribution >= 0.6 is 0 Å². The molecule has 0 saturated carbocycles. The number of anilines is 1. The number of carbonyl (C=O) groups excluding carboxylic acids is 3. The highest BCUT2D eigenvalue weighted by molar-refractivity contribution is 5.98. The van der Waals surface area contributed by atoms with Crippen molar-refractivity contribution in [1.82, 2.24) is 15.2 Å². The van der Waals surface area contributed by atoms with Crippen LogP contribution in [-0.4, -0.2) is 59.9 Å². The van der Waals surface area contributed by atoms with Crippen LogP contribution in [-0.2, 0) is 14.3 Å². The average molecular weight is 438 g/mol. The van der Waals surface area contributed by atoms with Gasteiger partial charge in [-0.1, -0.05) is 6.07 Å². The SMILES string of the molecule is CCOC(=O)CC(NC(=O)CN1CCN(c2ccc(C(=N)N)cc2)C1=O)c1cccnc1. The molecule has 1 saturated heterocycles. The van der Waals surface area contributed by atoms with Gasteiger partial charge in [0.25, 0.3) is 0 Å². The number of pyridine rings is 1. The van der Waals surface area contributed by atoms with Gasteiger partial charge in [0, 0.05) is 36.7 Å². The number of ether oxygens (including phenoxy) is 1. The lowest BCUT2D eigenvalue weighted by Crippen LogP contribution is -2.41.